The first-order chi connectivity index (χ1) is 8.69. The van der Waals surface area contributed by atoms with Gasteiger partial charge in [-0.15, -0.1) is 12.4 Å². The Morgan fingerprint density at radius 3 is 2.63 bits per heavy atom. The number of para-hydroxylation sites is 1. The molecule has 0 aliphatic carbocycles. The predicted molar refractivity (Wildman–Crippen MR) is 73.5 cm³/mol. The second-order valence-corrected chi connectivity index (χ2v) is 4.29. The second-order valence-electron chi connectivity index (χ2n) is 4.29. The van der Waals surface area contributed by atoms with Crippen LogP contribution in [0.3, 0.4) is 0 Å². The number of hydrogen-bond donors (Lipinski definition) is 2. The molecule has 1 aromatic rings. The zero-order valence-corrected chi connectivity index (χ0v) is 11.7. The van der Waals surface area contributed by atoms with Crippen LogP contribution in [0.5, 0.6) is 11.5 Å². The summed E-state index contributed by atoms with van der Waals surface area (Å²) in [6.07, 6.45) is 0. The Hall–Kier alpha value is -1.46. The van der Waals surface area contributed by atoms with Gasteiger partial charge in [-0.1, -0.05) is 12.1 Å². The summed E-state index contributed by atoms with van der Waals surface area (Å²) in [4.78, 5) is 11.2. The molecule has 0 spiro atoms. The van der Waals surface area contributed by atoms with E-state index in [-0.39, 0.29) is 18.3 Å². The van der Waals surface area contributed by atoms with E-state index in [1.54, 1.807) is 20.3 Å². The van der Waals surface area contributed by atoms with E-state index >= 15 is 0 Å². The normalized spacial score (nSPS) is 21.6. The average molecular weight is 288 g/mol. The van der Waals surface area contributed by atoms with Gasteiger partial charge in [0.1, 0.15) is 0 Å². The third-order valence-corrected chi connectivity index (χ3v) is 3.36. The SMILES string of the molecule is COc1cccc([C@@H]2CNC[C@H]2C(=O)O)c1OC.Cl. The fourth-order valence-corrected chi connectivity index (χ4v) is 2.47. The summed E-state index contributed by atoms with van der Waals surface area (Å²) >= 11 is 0. The Kier molecular flexibility index (Phi) is 5.44. The van der Waals surface area contributed by atoms with Crippen molar-refractivity contribution in [3.8, 4) is 11.5 Å². The highest BCUT2D eigenvalue weighted by Gasteiger charge is 2.36. The molecule has 6 heteroatoms. The average Bonchev–Trinajstić information content (AvgIpc) is 2.86. The fraction of sp³-hybridized carbons (Fsp3) is 0.462. The third kappa shape index (κ3) is 2.93. The van der Waals surface area contributed by atoms with E-state index in [4.69, 9.17) is 9.47 Å². The molecule has 1 fully saturated rings. The highest BCUT2D eigenvalue weighted by atomic mass is 35.5. The minimum atomic E-state index is -0.783. The predicted octanol–water partition coefficient (Wildman–Crippen LogP) is 1.51. The Labute approximate surface area is 118 Å². The largest absolute Gasteiger partial charge is 0.493 e. The quantitative estimate of drug-likeness (QED) is 0.879. The first-order valence-electron chi connectivity index (χ1n) is 5.83. The molecule has 1 heterocycles. The van der Waals surface area contributed by atoms with Crippen LogP contribution in [0.15, 0.2) is 18.2 Å². The topological polar surface area (TPSA) is 67.8 Å². The summed E-state index contributed by atoms with van der Waals surface area (Å²) < 4.78 is 10.6. The first-order valence-corrected chi connectivity index (χ1v) is 5.83. The van der Waals surface area contributed by atoms with Gasteiger partial charge in [-0.3, -0.25) is 4.79 Å². The second kappa shape index (κ2) is 6.63. The molecular formula is C13H18ClNO4. The Balaban J connectivity index is 0.00000180. The van der Waals surface area contributed by atoms with E-state index < -0.39 is 11.9 Å². The van der Waals surface area contributed by atoms with Gasteiger partial charge in [0, 0.05) is 24.6 Å². The number of halogens is 1. The molecular weight excluding hydrogens is 270 g/mol. The summed E-state index contributed by atoms with van der Waals surface area (Å²) in [6.45, 7) is 1.13. The minimum absolute atomic E-state index is 0. The monoisotopic (exact) mass is 287 g/mol. The lowest BCUT2D eigenvalue weighted by Crippen LogP contribution is -2.21. The number of benzene rings is 1. The van der Waals surface area contributed by atoms with Crippen molar-refractivity contribution in [2.75, 3.05) is 27.3 Å². The van der Waals surface area contributed by atoms with E-state index in [2.05, 4.69) is 5.32 Å². The van der Waals surface area contributed by atoms with Crippen LogP contribution in [0.2, 0.25) is 0 Å². The van der Waals surface area contributed by atoms with Gasteiger partial charge < -0.3 is 19.9 Å². The van der Waals surface area contributed by atoms with Crippen molar-refractivity contribution in [1.82, 2.24) is 5.32 Å². The number of methoxy groups -OCH3 is 2. The lowest BCUT2D eigenvalue weighted by atomic mass is 9.88. The molecule has 2 rings (SSSR count). The van der Waals surface area contributed by atoms with E-state index in [0.717, 1.165) is 5.56 Å². The molecule has 0 amide bonds. The molecule has 1 aliphatic heterocycles. The lowest BCUT2D eigenvalue weighted by Gasteiger charge is -2.19. The molecule has 1 aliphatic rings. The van der Waals surface area contributed by atoms with Gasteiger partial charge in [0.2, 0.25) is 0 Å². The summed E-state index contributed by atoms with van der Waals surface area (Å²) in [7, 11) is 3.14. The van der Waals surface area contributed by atoms with Crippen LogP contribution in [0, 0.1) is 5.92 Å². The Bertz CT molecular complexity index is 452. The molecule has 1 aromatic carbocycles. The number of carbonyl (C=O) groups is 1. The Morgan fingerprint density at radius 1 is 1.32 bits per heavy atom. The van der Waals surface area contributed by atoms with Crippen molar-refractivity contribution in [3.63, 3.8) is 0 Å². The van der Waals surface area contributed by atoms with Crippen LogP contribution in [0.4, 0.5) is 0 Å². The molecule has 0 radical (unpaired) electrons. The first kappa shape index (κ1) is 15.6. The molecule has 0 unspecified atom stereocenters. The van der Waals surface area contributed by atoms with Crippen molar-refractivity contribution >= 4 is 18.4 Å². The smallest absolute Gasteiger partial charge is 0.308 e. The number of ether oxygens (including phenoxy) is 2. The van der Waals surface area contributed by atoms with Crippen molar-refractivity contribution in [3.05, 3.63) is 23.8 Å². The van der Waals surface area contributed by atoms with Crippen LogP contribution in [-0.4, -0.2) is 38.4 Å². The van der Waals surface area contributed by atoms with E-state index in [1.165, 1.54) is 0 Å². The fourth-order valence-electron chi connectivity index (χ4n) is 2.47. The van der Waals surface area contributed by atoms with Gasteiger partial charge in [-0.2, -0.15) is 0 Å². The number of hydrogen-bond acceptors (Lipinski definition) is 4. The lowest BCUT2D eigenvalue weighted by molar-refractivity contribution is -0.141. The molecule has 2 atom stereocenters. The van der Waals surface area contributed by atoms with E-state index in [1.807, 2.05) is 12.1 Å². The molecule has 19 heavy (non-hydrogen) atoms. The Morgan fingerprint density at radius 2 is 2.05 bits per heavy atom. The number of rotatable bonds is 4. The van der Waals surface area contributed by atoms with Crippen LogP contribution >= 0.6 is 12.4 Å². The van der Waals surface area contributed by atoms with E-state index in [0.29, 0.717) is 24.6 Å². The summed E-state index contributed by atoms with van der Waals surface area (Å²) in [5, 5.41) is 12.3. The van der Waals surface area contributed by atoms with Crippen LogP contribution in [0.25, 0.3) is 0 Å². The number of aliphatic carboxylic acids is 1. The van der Waals surface area contributed by atoms with Crippen molar-refractivity contribution < 1.29 is 19.4 Å². The zero-order chi connectivity index (χ0) is 13.1. The van der Waals surface area contributed by atoms with Crippen LogP contribution < -0.4 is 14.8 Å². The highest BCUT2D eigenvalue weighted by Crippen LogP contribution is 2.39. The third-order valence-electron chi connectivity index (χ3n) is 3.36. The minimum Gasteiger partial charge on any atom is -0.493 e. The van der Waals surface area contributed by atoms with Crippen molar-refractivity contribution in [1.29, 1.82) is 0 Å². The molecule has 0 aromatic heterocycles. The molecule has 1 saturated heterocycles. The summed E-state index contributed by atoms with van der Waals surface area (Å²) in [5.41, 5.74) is 0.884. The number of carboxylic acids is 1. The van der Waals surface area contributed by atoms with Crippen molar-refractivity contribution in [2.24, 2.45) is 5.92 Å². The number of carboxylic acid groups (broad SMARTS) is 1. The standard InChI is InChI=1S/C13H17NO4.ClH/c1-17-11-5-3-4-8(12(11)18-2)9-6-14-7-10(9)13(15)16;/h3-5,9-10,14H,6-7H2,1-2H3,(H,15,16);1H/t9-,10+;/m0./s1. The van der Waals surface area contributed by atoms with Gasteiger partial charge in [-0.25, -0.2) is 0 Å². The molecule has 5 nitrogen and oxygen atoms in total. The maximum Gasteiger partial charge on any atom is 0.308 e. The maximum absolute atomic E-state index is 11.2. The zero-order valence-electron chi connectivity index (χ0n) is 10.9. The molecule has 0 bridgehead atoms. The van der Waals surface area contributed by atoms with Crippen LogP contribution in [-0.2, 0) is 4.79 Å². The van der Waals surface area contributed by atoms with Gasteiger partial charge >= 0.3 is 5.97 Å². The van der Waals surface area contributed by atoms with Gasteiger partial charge in [0.15, 0.2) is 11.5 Å². The van der Waals surface area contributed by atoms with Gasteiger partial charge in [-0.05, 0) is 6.07 Å². The summed E-state index contributed by atoms with van der Waals surface area (Å²) in [6, 6.07) is 5.56. The number of nitrogens with one attached hydrogen (secondary N) is 1. The van der Waals surface area contributed by atoms with Gasteiger partial charge in [0.05, 0.1) is 20.1 Å². The highest BCUT2D eigenvalue weighted by molar-refractivity contribution is 5.85. The molecule has 0 saturated carbocycles. The van der Waals surface area contributed by atoms with Crippen molar-refractivity contribution in [2.45, 2.75) is 5.92 Å². The van der Waals surface area contributed by atoms with E-state index in [9.17, 15) is 9.90 Å². The van der Waals surface area contributed by atoms with Gasteiger partial charge in [0.25, 0.3) is 0 Å². The summed E-state index contributed by atoms with van der Waals surface area (Å²) in [5.74, 6) is -0.0422. The molecule has 2 N–H and O–H groups in total. The van der Waals surface area contributed by atoms with Crippen LogP contribution in [0.1, 0.15) is 11.5 Å². The molecule has 106 valence electrons. The maximum atomic E-state index is 11.2.